The zero-order valence-electron chi connectivity index (χ0n) is 7.53. The fraction of sp³-hybridized carbons (Fsp3) is 0.444. The van der Waals surface area contributed by atoms with E-state index in [1.165, 1.54) is 12.1 Å². The summed E-state index contributed by atoms with van der Waals surface area (Å²) in [6.07, 6.45) is -2.27. The molecular formula is C9H12F2N2O. The molecule has 1 aromatic heterocycles. The second kappa shape index (κ2) is 4.97. The molecule has 0 aliphatic rings. The van der Waals surface area contributed by atoms with Crippen LogP contribution in [0.1, 0.15) is 30.3 Å². The van der Waals surface area contributed by atoms with E-state index in [4.69, 9.17) is 10.8 Å². The largest absolute Gasteiger partial charge is 0.396 e. The van der Waals surface area contributed by atoms with Gasteiger partial charge >= 0.3 is 0 Å². The lowest BCUT2D eigenvalue weighted by atomic mass is 10.1. The number of aromatic nitrogens is 1. The van der Waals surface area contributed by atoms with E-state index in [0.29, 0.717) is 12.1 Å². The Bertz CT molecular complexity index is 294. The summed E-state index contributed by atoms with van der Waals surface area (Å²) < 4.78 is 24.5. The molecule has 0 spiro atoms. The maximum absolute atomic E-state index is 12.2. The zero-order chi connectivity index (χ0) is 10.6. The molecule has 1 aromatic rings. The molecule has 0 bridgehead atoms. The van der Waals surface area contributed by atoms with Gasteiger partial charge in [-0.1, -0.05) is 6.07 Å². The summed E-state index contributed by atoms with van der Waals surface area (Å²) in [5.74, 6) is 0. The Kier molecular flexibility index (Phi) is 3.91. The highest BCUT2D eigenvalue weighted by Crippen LogP contribution is 2.18. The van der Waals surface area contributed by atoms with Crippen molar-refractivity contribution < 1.29 is 13.9 Å². The highest BCUT2D eigenvalue weighted by Gasteiger charge is 2.12. The number of nitrogens with zero attached hydrogens (tertiary/aromatic N) is 1. The van der Waals surface area contributed by atoms with Gasteiger partial charge in [-0.25, -0.2) is 8.78 Å². The first-order valence-corrected chi connectivity index (χ1v) is 4.26. The first-order valence-electron chi connectivity index (χ1n) is 4.26. The van der Waals surface area contributed by atoms with Crippen molar-refractivity contribution in [1.29, 1.82) is 0 Å². The molecule has 0 aromatic carbocycles. The maximum atomic E-state index is 12.2. The maximum Gasteiger partial charge on any atom is 0.280 e. The molecular weight excluding hydrogens is 190 g/mol. The van der Waals surface area contributed by atoms with Crippen molar-refractivity contribution >= 4 is 0 Å². The highest BCUT2D eigenvalue weighted by molar-refractivity contribution is 5.14. The van der Waals surface area contributed by atoms with Crippen molar-refractivity contribution in [2.24, 2.45) is 5.73 Å². The highest BCUT2D eigenvalue weighted by atomic mass is 19.3. The van der Waals surface area contributed by atoms with Gasteiger partial charge in [0.05, 0.1) is 5.69 Å². The van der Waals surface area contributed by atoms with E-state index >= 15 is 0 Å². The first kappa shape index (κ1) is 11.0. The van der Waals surface area contributed by atoms with E-state index in [1.807, 2.05) is 0 Å². The standard InChI is InChI=1S/C9H12F2N2O/c10-9(11)8-3-1-2-7(13-8)6(12)4-5-14/h1-3,6,9,14H,4-5,12H2. The van der Waals surface area contributed by atoms with Gasteiger partial charge in [0.1, 0.15) is 5.69 Å². The number of halogens is 2. The van der Waals surface area contributed by atoms with Gasteiger partial charge in [0, 0.05) is 12.6 Å². The van der Waals surface area contributed by atoms with Crippen molar-refractivity contribution in [3.8, 4) is 0 Å². The molecule has 1 heterocycles. The number of rotatable bonds is 4. The van der Waals surface area contributed by atoms with E-state index in [1.54, 1.807) is 6.07 Å². The van der Waals surface area contributed by atoms with Gasteiger partial charge < -0.3 is 10.8 Å². The van der Waals surface area contributed by atoms with Gasteiger partial charge in [-0.15, -0.1) is 0 Å². The Balaban J connectivity index is 2.82. The number of pyridine rings is 1. The fourth-order valence-corrected chi connectivity index (χ4v) is 1.08. The third-order valence-electron chi connectivity index (χ3n) is 1.84. The molecule has 0 saturated carbocycles. The molecule has 0 aliphatic heterocycles. The van der Waals surface area contributed by atoms with E-state index in [2.05, 4.69) is 4.98 Å². The molecule has 1 unspecified atom stereocenters. The van der Waals surface area contributed by atoms with Crippen LogP contribution in [0, 0.1) is 0 Å². The summed E-state index contributed by atoms with van der Waals surface area (Å²) in [5.41, 5.74) is 5.71. The molecule has 3 nitrogen and oxygen atoms in total. The van der Waals surface area contributed by atoms with Crippen LogP contribution in [0.2, 0.25) is 0 Å². The molecule has 14 heavy (non-hydrogen) atoms. The van der Waals surface area contributed by atoms with Crippen molar-refractivity contribution in [1.82, 2.24) is 4.98 Å². The van der Waals surface area contributed by atoms with E-state index in [9.17, 15) is 8.78 Å². The smallest absolute Gasteiger partial charge is 0.280 e. The number of aliphatic hydroxyl groups is 1. The minimum absolute atomic E-state index is 0.0816. The van der Waals surface area contributed by atoms with E-state index in [-0.39, 0.29) is 12.3 Å². The topological polar surface area (TPSA) is 59.1 Å². The second-order valence-corrected chi connectivity index (χ2v) is 2.91. The third-order valence-corrected chi connectivity index (χ3v) is 1.84. The van der Waals surface area contributed by atoms with Crippen molar-refractivity contribution in [2.75, 3.05) is 6.61 Å². The molecule has 0 saturated heterocycles. The van der Waals surface area contributed by atoms with Crippen LogP contribution in [0.25, 0.3) is 0 Å². The molecule has 3 N–H and O–H groups in total. The molecule has 0 aliphatic carbocycles. The summed E-state index contributed by atoms with van der Waals surface area (Å²) in [6, 6.07) is 3.83. The summed E-state index contributed by atoms with van der Waals surface area (Å²) >= 11 is 0. The van der Waals surface area contributed by atoms with Crippen LogP contribution < -0.4 is 5.73 Å². The number of aliphatic hydroxyl groups excluding tert-OH is 1. The van der Waals surface area contributed by atoms with Gasteiger partial charge in [-0.3, -0.25) is 4.98 Å². The number of hydrogen-bond donors (Lipinski definition) is 2. The van der Waals surface area contributed by atoms with Gasteiger partial charge in [-0.05, 0) is 18.6 Å². The van der Waals surface area contributed by atoms with Crippen LogP contribution in [-0.2, 0) is 0 Å². The van der Waals surface area contributed by atoms with Crippen molar-refractivity contribution in [3.05, 3.63) is 29.6 Å². The van der Waals surface area contributed by atoms with Crippen LogP contribution in [0.4, 0.5) is 8.78 Å². The lowest BCUT2D eigenvalue weighted by Crippen LogP contribution is -2.14. The Morgan fingerprint density at radius 3 is 2.57 bits per heavy atom. The average molecular weight is 202 g/mol. The predicted molar refractivity (Wildman–Crippen MR) is 47.8 cm³/mol. The summed E-state index contributed by atoms with van der Waals surface area (Å²) in [5, 5.41) is 8.62. The van der Waals surface area contributed by atoms with Gasteiger partial charge in [-0.2, -0.15) is 0 Å². The monoisotopic (exact) mass is 202 g/mol. The minimum atomic E-state index is -2.59. The van der Waals surface area contributed by atoms with Crippen LogP contribution >= 0.6 is 0 Å². The van der Waals surface area contributed by atoms with Crippen LogP contribution in [0.5, 0.6) is 0 Å². The molecule has 0 amide bonds. The number of hydrogen-bond acceptors (Lipinski definition) is 3. The Morgan fingerprint density at radius 1 is 1.36 bits per heavy atom. The summed E-state index contributed by atoms with van der Waals surface area (Å²) in [7, 11) is 0. The second-order valence-electron chi connectivity index (χ2n) is 2.91. The van der Waals surface area contributed by atoms with Crippen molar-refractivity contribution in [3.63, 3.8) is 0 Å². The lowest BCUT2D eigenvalue weighted by molar-refractivity contribution is 0.145. The Hall–Kier alpha value is -1.07. The lowest BCUT2D eigenvalue weighted by Gasteiger charge is -2.10. The van der Waals surface area contributed by atoms with Crippen LogP contribution in [0.15, 0.2) is 18.2 Å². The van der Waals surface area contributed by atoms with Gasteiger partial charge in [0.25, 0.3) is 6.43 Å². The molecule has 78 valence electrons. The van der Waals surface area contributed by atoms with Gasteiger partial charge in [0.2, 0.25) is 0 Å². The molecule has 5 heteroatoms. The minimum Gasteiger partial charge on any atom is -0.396 e. The van der Waals surface area contributed by atoms with Crippen LogP contribution in [-0.4, -0.2) is 16.7 Å². The fourth-order valence-electron chi connectivity index (χ4n) is 1.08. The summed E-state index contributed by atoms with van der Waals surface area (Å²) in [4.78, 5) is 3.70. The quantitative estimate of drug-likeness (QED) is 0.775. The number of nitrogens with two attached hydrogens (primary N) is 1. The molecule has 1 atom stereocenters. The number of alkyl halides is 2. The molecule has 1 rings (SSSR count). The SMILES string of the molecule is NC(CCO)c1cccc(C(F)F)n1. The van der Waals surface area contributed by atoms with Crippen LogP contribution in [0.3, 0.4) is 0 Å². The predicted octanol–water partition coefficient (Wildman–Crippen LogP) is 1.40. The average Bonchev–Trinajstić information content (AvgIpc) is 2.18. The zero-order valence-corrected chi connectivity index (χ0v) is 7.53. The van der Waals surface area contributed by atoms with Gasteiger partial charge in [0.15, 0.2) is 0 Å². The third kappa shape index (κ3) is 2.71. The Labute approximate surface area is 80.6 Å². The molecule has 0 radical (unpaired) electrons. The van der Waals surface area contributed by atoms with Crippen molar-refractivity contribution in [2.45, 2.75) is 18.9 Å². The first-order chi connectivity index (χ1) is 6.65. The normalized spacial score (nSPS) is 13.2. The van der Waals surface area contributed by atoms with E-state index < -0.39 is 12.5 Å². The Morgan fingerprint density at radius 2 is 2.00 bits per heavy atom. The summed E-state index contributed by atoms with van der Waals surface area (Å²) in [6.45, 7) is -0.0816. The molecule has 0 fully saturated rings. The van der Waals surface area contributed by atoms with E-state index in [0.717, 1.165) is 0 Å².